The van der Waals surface area contributed by atoms with Gasteiger partial charge < -0.3 is 29.3 Å². The number of hydrogen-bond donors (Lipinski definition) is 0. The van der Waals surface area contributed by atoms with Crippen molar-refractivity contribution in [3.8, 4) is 0 Å². The molecule has 0 aliphatic carbocycles. The molecule has 2 rings (SSSR count). The highest BCUT2D eigenvalue weighted by atomic mass is 16.5. The molecule has 8 nitrogen and oxygen atoms in total. The van der Waals surface area contributed by atoms with Gasteiger partial charge in [0.15, 0.2) is 0 Å². The van der Waals surface area contributed by atoms with Crippen molar-refractivity contribution in [3.63, 3.8) is 0 Å². The van der Waals surface area contributed by atoms with Crippen molar-refractivity contribution in [1.29, 1.82) is 0 Å². The van der Waals surface area contributed by atoms with Gasteiger partial charge in [0, 0.05) is 11.1 Å². The minimum atomic E-state index is -1.48. The molecule has 0 unspecified atom stereocenters. The average molecular weight is 412 g/mol. The minimum Gasteiger partial charge on any atom is -0.545 e. The van der Waals surface area contributed by atoms with E-state index in [1.54, 1.807) is 13.8 Å². The normalized spacial score (nSPS) is 12.5. The maximum Gasteiger partial charge on any atom is 0.339 e. The van der Waals surface area contributed by atoms with Gasteiger partial charge >= 0.3 is 11.9 Å². The van der Waals surface area contributed by atoms with Crippen molar-refractivity contribution in [2.75, 3.05) is 0 Å². The van der Waals surface area contributed by atoms with Crippen LogP contribution in [0.5, 0.6) is 0 Å². The standard InChI is InChI=1S/C22H22O8/c1-13(29-21(27)17-9-5-3-7-15(17)19(23)24)11-12-14(2)30-22(28)18-10-6-4-8-16(18)20(25)26/h3-10,13-14H,11-12H2,1-2H3,(H,23,24)(H,25,26)/p-2/t13-,14-/m1/s1. The van der Waals surface area contributed by atoms with Crippen molar-refractivity contribution in [2.24, 2.45) is 0 Å². The van der Waals surface area contributed by atoms with Crippen LogP contribution in [0.25, 0.3) is 0 Å². The molecule has 158 valence electrons. The Labute approximate surface area is 173 Å². The summed E-state index contributed by atoms with van der Waals surface area (Å²) in [6, 6.07) is 11.1. The Kier molecular flexibility index (Phi) is 7.69. The Hall–Kier alpha value is -3.68. The summed E-state index contributed by atoms with van der Waals surface area (Å²) in [5, 5.41) is 22.2. The van der Waals surface area contributed by atoms with E-state index >= 15 is 0 Å². The van der Waals surface area contributed by atoms with Crippen LogP contribution in [-0.4, -0.2) is 36.1 Å². The van der Waals surface area contributed by atoms with Crippen molar-refractivity contribution < 1.29 is 38.9 Å². The number of rotatable bonds is 9. The summed E-state index contributed by atoms with van der Waals surface area (Å²) < 4.78 is 10.5. The molecule has 30 heavy (non-hydrogen) atoms. The number of esters is 2. The summed E-state index contributed by atoms with van der Waals surface area (Å²) in [5.74, 6) is -4.55. The van der Waals surface area contributed by atoms with Crippen LogP contribution in [0.3, 0.4) is 0 Å². The van der Waals surface area contributed by atoms with Gasteiger partial charge in [0.1, 0.15) is 0 Å². The maximum atomic E-state index is 12.2. The second kappa shape index (κ2) is 10.2. The Bertz CT molecular complexity index is 872. The molecule has 0 aliphatic rings. The second-order valence-corrected chi connectivity index (χ2v) is 6.68. The van der Waals surface area contributed by atoms with Gasteiger partial charge in [-0.25, -0.2) is 9.59 Å². The molecule has 0 saturated carbocycles. The Morgan fingerprint density at radius 3 is 1.27 bits per heavy atom. The van der Waals surface area contributed by atoms with E-state index in [0.29, 0.717) is 12.8 Å². The van der Waals surface area contributed by atoms with E-state index in [1.807, 2.05) is 0 Å². The van der Waals surface area contributed by atoms with Crippen LogP contribution < -0.4 is 10.2 Å². The van der Waals surface area contributed by atoms with Gasteiger partial charge in [0.05, 0.1) is 35.3 Å². The number of benzene rings is 2. The van der Waals surface area contributed by atoms with Gasteiger partial charge in [-0.15, -0.1) is 0 Å². The zero-order chi connectivity index (χ0) is 22.3. The summed E-state index contributed by atoms with van der Waals surface area (Å²) in [4.78, 5) is 46.7. The topological polar surface area (TPSA) is 133 Å². The fraction of sp³-hybridized carbons (Fsp3) is 0.273. The third-order valence-corrected chi connectivity index (χ3v) is 4.33. The molecule has 0 saturated heterocycles. The van der Waals surface area contributed by atoms with Crippen LogP contribution in [0.2, 0.25) is 0 Å². The zero-order valence-corrected chi connectivity index (χ0v) is 16.5. The summed E-state index contributed by atoms with van der Waals surface area (Å²) in [6.07, 6.45) is -0.501. The highest BCUT2D eigenvalue weighted by molar-refractivity contribution is 6.02. The molecule has 2 aromatic rings. The van der Waals surface area contributed by atoms with Crippen molar-refractivity contribution in [1.82, 2.24) is 0 Å². The molecule has 0 aromatic heterocycles. The predicted molar refractivity (Wildman–Crippen MR) is 101 cm³/mol. The molecule has 0 N–H and O–H groups in total. The molecule has 0 bridgehead atoms. The third kappa shape index (κ3) is 5.91. The number of ether oxygens (including phenoxy) is 2. The second-order valence-electron chi connectivity index (χ2n) is 6.68. The molecule has 0 heterocycles. The number of hydrogen-bond acceptors (Lipinski definition) is 8. The van der Waals surface area contributed by atoms with E-state index in [-0.39, 0.29) is 22.3 Å². The van der Waals surface area contributed by atoms with Gasteiger partial charge in [0.2, 0.25) is 0 Å². The first kappa shape index (κ1) is 22.6. The van der Waals surface area contributed by atoms with Crippen molar-refractivity contribution >= 4 is 23.9 Å². The molecule has 0 spiro atoms. The number of aromatic carboxylic acids is 2. The van der Waals surface area contributed by atoms with Crippen molar-refractivity contribution in [2.45, 2.75) is 38.9 Å². The lowest BCUT2D eigenvalue weighted by molar-refractivity contribution is -0.256. The van der Waals surface area contributed by atoms with Gasteiger partial charge in [-0.2, -0.15) is 0 Å². The van der Waals surface area contributed by atoms with Crippen LogP contribution in [0, 0.1) is 0 Å². The minimum absolute atomic E-state index is 0.109. The van der Waals surface area contributed by atoms with E-state index in [4.69, 9.17) is 9.47 Å². The Morgan fingerprint density at radius 2 is 0.967 bits per heavy atom. The van der Waals surface area contributed by atoms with Gasteiger partial charge in [-0.1, -0.05) is 36.4 Å². The van der Waals surface area contributed by atoms with Crippen LogP contribution in [0.15, 0.2) is 48.5 Å². The number of carboxylic acid groups (broad SMARTS) is 2. The zero-order valence-electron chi connectivity index (χ0n) is 16.5. The lowest BCUT2D eigenvalue weighted by Crippen LogP contribution is -2.27. The molecule has 8 heteroatoms. The van der Waals surface area contributed by atoms with Gasteiger partial charge in [0.25, 0.3) is 0 Å². The van der Waals surface area contributed by atoms with Crippen LogP contribution >= 0.6 is 0 Å². The number of carbonyl (C=O) groups is 4. The molecule has 0 amide bonds. The molecule has 2 atom stereocenters. The first-order valence-electron chi connectivity index (χ1n) is 9.23. The van der Waals surface area contributed by atoms with Crippen molar-refractivity contribution in [3.05, 3.63) is 70.8 Å². The SMILES string of the molecule is C[C@H](CC[C@@H](C)OC(=O)c1ccccc1C(=O)[O-])OC(=O)c1ccccc1C(=O)[O-]. The molecule has 0 fully saturated rings. The third-order valence-electron chi connectivity index (χ3n) is 4.33. The molecular formula is C22H20O8-2. The summed E-state index contributed by atoms with van der Waals surface area (Å²) in [7, 11) is 0. The smallest absolute Gasteiger partial charge is 0.339 e. The number of carboxylic acids is 2. The molecular weight excluding hydrogens is 392 g/mol. The monoisotopic (exact) mass is 412 g/mol. The lowest BCUT2D eigenvalue weighted by Gasteiger charge is -2.18. The van der Waals surface area contributed by atoms with Crippen LogP contribution in [-0.2, 0) is 9.47 Å². The Morgan fingerprint density at radius 1 is 0.667 bits per heavy atom. The van der Waals surface area contributed by atoms with Crippen LogP contribution in [0.1, 0.15) is 68.1 Å². The average Bonchev–Trinajstić information content (AvgIpc) is 2.72. The predicted octanol–water partition coefficient (Wildman–Crippen LogP) is 0.985. The largest absolute Gasteiger partial charge is 0.545 e. The van der Waals surface area contributed by atoms with E-state index in [1.165, 1.54) is 48.5 Å². The molecule has 0 aliphatic heterocycles. The molecule has 0 radical (unpaired) electrons. The van der Waals surface area contributed by atoms with E-state index in [2.05, 4.69) is 0 Å². The van der Waals surface area contributed by atoms with E-state index in [0.717, 1.165) is 0 Å². The maximum absolute atomic E-state index is 12.2. The summed E-state index contributed by atoms with van der Waals surface area (Å²) in [6.45, 7) is 3.25. The lowest BCUT2D eigenvalue weighted by atomic mass is 10.1. The van der Waals surface area contributed by atoms with Gasteiger partial charge in [-0.05, 0) is 38.8 Å². The summed E-state index contributed by atoms with van der Waals surface area (Å²) >= 11 is 0. The fourth-order valence-electron chi connectivity index (χ4n) is 2.76. The van der Waals surface area contributed by atoms with E-state index < -0.39 is 36.1 Å². The highest BCUT2D eigenvalue weighted by Crippen LogP contribution is 2.16. The number of carbonyl (C=O) groups excluding carboxylic acids is 4. The van der Waals surface area contributed by atoms with E-state index in [9.17, 15) is 29.4 Å². The fourth-order valence-corrected chi connectivity index (χ4v) is 2.76. The van der Waals surface area contributed by atoms with Crippen LogP contribution in [0.4, 0.5) is 0 Å². The Balaban J connectivity index is 1.90. The highest BCUT2D eigenvalue weighted by Gasteiger charge is 2.19. The quantitative estimate of drug-likeness (QED) is 0.557. The summed E-state index contributed by atoms with van der Waals surface area (Å²) in [5.41, 5.74) is -0.738. The molecule has 2 aromatic carbocycles. The first-order valence-corrected chi connectivity index (χ1v) is 9.23. The van der Waals surface area contributed by atoms with Gasteiger partial charge in [-0.3, -0.25) is 0 Å². The first-order chi connectivity index (χ1) is 14.2.